The van der Waals surface area contributed by atoms with Gasteiger partial charge in [-0.3, -0.25) is 4.79 Å². The fourth-order valence-corrected chi connectivity index (χ4v) is 7.78. The van der Waals surface area contributed by atoms with Crippen LogP contribution >= 0.6 is 56.5 Å². The molecule has 1 aliphatic rings. The Hall–Kier alpha value is -1.40. The molecule has 5 nitrogen and oxygen atoms in total. The van der Waals surface area contributed by atoms with Crippen LogP contribution in [0.3, 0.4) is 0 Å². The van der Waals surface area contributed by atoms with E-state index in [0.29, 0.717) is 18.0 Å². The van der Waals surface area contributed by atoms with Gasteiger partial charge in [0.2, 0.25) is 0 Å². The predicted octanol–water partition coefficient (Wildman–Crippen LogP) is 8.17. The highest BCUT2D eigenvalue weighted by Gasteiger charge is 2.33. The van der Waals surface area contributed by atoms with Gasteiger partial charge in [0.1, 0.15) is 16.5 Å². The summed E-state index contributed by atoms with van der Waals surface area (Å²) in [5.41, 5.74) is 3.10. The van der Waals surface area contributed by atoms with Crippen molar-refractivity contribution in [1.29, 1.82) is 0 Å². The van der Waals surface area contributed by atoms with Crippen LogP contribution in [0.4, 0.5) is 5.00 Å². The van der Waals surface area contributed by atoms with Gasteiger partial charge in [-0.15, -0.1) is 11.3 Å². The number of carbonyl (C=O) groups excluding carboxylic acids is 1. The number of fused-ring (bicyclic) bond motifs is 1. The van der Waals surface area contributed by atoms with Crippen molar-refractivity contribution in [3.05, 3.63) is 65.0 Å². The zero-order valence-electron chi connectivity index (χ0n) is 21.3. The van der Waals surface area contributed by atoms with E-state index in [1.807, 2.05) is 32.2 Å². The van der Waals surface area contributed by atoms with E-state index >= 15 is 0 Å². The molecule has 0 aliphatic heterocycles. The summed E-state index contributed by atoms with van der Waals surface area (Å²) in [7, 11) is 0. The lowest BCUT2D eigenvalue weighted by atomic mass is 9.72. The molecule has 1 N–H and O–H groups in total. The molecular formula is C28H32I2N2O3S. The minimum Gasteiger partial charge on any atom is -0.489 e. The molecular weight excluding hydrogens is 698 g/mol. The number of amides is 1. The number of aliphatic imine (C=N–C) groups is 1. The van der Waals surface area contributed by atoms with Gasteiger partial charge in [0.15, 0.2) is 0 Å². The molecule has 0 bridgehead atoms. The molecule has 0 saturated heterocycles. The summed E-state index contributed by atoms with van der Waals surface area (Å²) in [6.07, 6.45) is 6.59. The number of rotatable bonds is 7. The quantitative estimate of drug-likeness (QED) is 0.197. The van der Waals surface area contributed by atoms with Crippen LogP contribution < -0.4 is 10.1 Å². The SMILES string of the molecule is CC(C)Oc1c(I)cc(C=Nc2sc3c(c2C(=O)NCc2ccco2)CC[C@@H](C(C)(C)C)C3)cc1I. The zero-order chi connectivity index (χ0) is 26.0. The second-order valence-corrected chi connectivity index (χ2v) is 13.9. The van der Waals surface area contributed by atoms with Crippen molar-refractivity contribution in [3.8, 4) is 5.75 Å². The molecule has 1 aromatic carbocycles. The third-order valence-electron chi connectivity index (χ3n) is 6.41. The first-order valence-corrected chi connectivity index (χ1v) is 15.1. The maximum Gasteiger partial charge on any atom is 0.255 e. The number of thiophene rings is 1. The van der Waals surface area contributed by atoms with Gasteiger partial charge in [0.25, 0.3) is 5.91 Å². The van der Waals surface area contributed by atoms with Gasteiger partial charge in [-0.25, -0.2) is 4.99 Å². The largest absolute Gasteiger partial charge is 0.489 e. The summed E-state index contributed by atoms with van der Waals surface area (Å²) in [6, 6.07) is 7.84. The topological polar surface area (TPSA) is 63.8 Å². The Labute approximate surface area is 244 Å². The lowest BCUT2D eigenvalue weighted by Gasteiger charge is -2.33. The summed E-state index contributed by atoms with van der Waals surface area (Å²) < 4.78 is 13.5. The fraction of sp³-hybridized carbons (Fsp3) is 0.429. The van der Waals surface area contributed by atoms with Gasteiger partial charge >= 0.3 is 0 Å². The molecule has 1 amide bonds. The minimum atomic E-state index is -0.0879. The van der Waals surface area contributed by atoms with Gasteiger partial charge in [-0.05, 0) is 125 Å². The van der Waals surface area contributed by atoms with Crippen molar-refractivity contribution in [2.45, 2.75) is 66.5 Å². The van der Waals surface area contributed by atoms with Gasteiger partial charge in [0, 0.05) is 11.1 Å². The Bertz CT molecular complexity index is 1230. The molecule has 36 heavy (non-hydrogen) atoms. The molecule has 0 spiro atoms. The van der Waals surface area contributed by atoms with Crippen LogP contribution in [-0.2, 0) is 19.4 Å². The Balaban J connectivity index is 1.65. The van der Waals surface area contributed by atoms with Crippen LogP contribution in [0.25, 0.3) is 0 Å². The lowest BCUT2D eigenvalue weighted by molar-refractivity contribution is 0.0947. The fourth-order valence-electron chi connectivity index (χ4n) is 4.44. The van der Waals surface area contributed by atoms with Crippen LogP contribution in [0.2, 0.25) is 0 Å². The highest BCUT2D eigenvalue weighted by molar-refractivity contribution is 14.1. The Kier molecular flexibility index (Phi) is 8.87. The second kappa shape index (κ2) is 11.6. The van der Waals surface area contributed by atoms with E-state index in [4.69, 9.17) is 14.1 Å². The number of furan rings is 1. The Morgan fingerprint density at radius 2 is 2.03 bits per heavy atom. The van der Waals surface area contributed by atoms with E-state index in [0.717, 1.165) is 54.0 Å². The van der Waals surface area contributed by atoms with Crippen LogP contribution in [-0.4, -0.2) is 18.2 Å². The second-order valence-electron chi connectivity index (χ2n) is 10.5. The van der Waals surface area contributed by atoms with Crippen LogP contribution in [0, 0.1) is 18.5 Å². The standard InChI is InChI=1S/C28H32I2N2O3S/c1-16(2)35-25-21(29)11-17(12-22(25)30)14-32-27-24(26(33)31-15-19-7-6-10-34-19)20-9-8-18(28(3,4)5)13-23(20)36-27/h6-7,10-12,14,16,18H,8-9,13,15H2,1-5H3,(H,31,33)/t18-/m1/s1. The molecule has 0 saturated carbocycles. The molecule has 0 unspecified atom stereocenters. The number of hydrogen-bond donors (Lipinski definition) is 1. The highest BCUT2D eigenvalue weighted by Crippen LogP contribution is 2.45. The normalized spacial score (nSPS) is 15.9. The van der Waals surface area contributed by atoms with E-state index in [1.54, 1.807) is 17.6 Å². The lowest BCUT2D eigenvalue weighted by Crippen LogP contribution is -2.28. The summed E-state index contributed by atoms with van der Waals surface area (Å²) in [4.78, 5) is 19.6. The maximum absolute atomic E-state index is 13.4. The smallest absolute Gasteiger partial charge is 0.255 e. The van der Waals surface area contributed by atoms with Crippen molar-refractivity contribution in [2.75, 3.05) is 0 Å². The van der Waals surface area contributed by atoms with Crippen LogP contribution in [0.15, 0.2) is 39.9 Å². The molecule has 192 valence electrons. The van der Waals surface area contributed by atoms with Gasteiger partial charge in [0.05, 0.1) is 31.6 Å². The summed E-state index contributed by atoms with van der Waals surface area (Å²) >= 11 is 6.28. The molecule has 2 aromatic heterocycles. The average Bonchev–Trinajstić information content (AvgIpc) is 3.44. The number of nitrogens with one attached hydrogen (secondary N) is 1. The Morgan fingerprint density at radius 1 is 1.31 bits per heavy atom. The third kappa shape index (κ3) is 6.53. The summed E-state index contributed by atoms with van der Waals surface area (Å²) in [6.45, 7) is 11.3. The van der Waals surface area contributed by atoms with Gasteiger partial charge in [-0.2, -0.15) is 0 Å². The predicted molar refractivity (Wildman–Crippen MR) is 164 cm³/mol. The van der Waals surface area contributed by atoms with E-state index in [9.17, 15) is 4.79 Å². The van der Waals surface area contributed by atoms with E-state index < -0.39 is 0 Å². The molecule has 4 rings (SSSR count). The van der Waals surface area contributed by atoms with Crippen LogP contribution in [0.5, 0.6) is 5.75 Å². The van der Waals surface area contributed by atoms with Crippen molar-refractivity contribution in [1.82, 2.24) is 5.32 Å². The molecule has 3 aromatic rings. The van der Waals surface area contributed by atoms with Crippen molar-refractivity contribution in [3.63, 3.8) is 0 Å². The monoisotopic (exact) mass is 730 g/mol. The maximum atomic E-state index is 13.4. The van der Waals surface area contributed by atoms with E-state index in [-0.39, 0.29) is 17.4 Å². The van der Waals surface area contributed by atoms with Crippen LogP contribution in [0.1, 0.15) is 73.2 Å². The minimum absolute atomic E-state index is 0.0879. The van der Waals surface area contributed by atoms with Crippen molar-refractivity contribution in [2.24, 2.45) is 16.3 Å². The first kappa shape index (κ1) is 27.6. The first-order valence-electron chi connectivity index (χ1n) is 12.2. The number of carbonyl (C=O) groups is 1. The number of hydrogen-bond acceptors (Lipinski definition) is 5. The number of nitrogens with zero attached hydrogens (tertiary/aromatic N) is 1. The number of ether oxygens (including phenoxy) is 1. The number of halogens is 2. The van der Waals surface area contributed by atoms with Gasteiger partial charge < -0.3 is 14.5 Å². The van der Waals surface area contributed by atoms with E-state index in [1.165, 1.54) is 4.88 Å². The van der Waals surface area contributed by atoms with E-state index in [2.05, 4.69) is 83.4 Å². The average molecular weight is 730 g/mol. The third-order valence-corrected chi connectivity index (χ3v) is 9.17. The molecule has 2 heterocycles. The van der Waals surface area contributed by atoms with Gasteiger partial charge in [-0.1, -0.05) is 20.8 Å². The summed E-state index contributed by atoms with van der Waals surface area (Å²) in [5.74, 6) is 2.14. The molecule has 0 radical (unpaired) electrons. The zero-order valence-corrected chi connectivity index (χ0v) is 26.4. The van der Waals surface area contributed by atoms with Crippen molar-refractivity contribution >= 4 is 73.6 Å². The molecule has 0 fully saturated rings. The molecule has 1 aliphatic carbocycles. The van der Waals surface area contributed by atoms with Crippen molar-refractivity contribution < 1.29 is 13.9 Å². The molecule has 1 atom stereocenters. The molecule has 8 heteroatoms. The summed E-state index contributed by atoms with van der Waals surface area (Å²) in [5, 5.41) is 3.82. The highest BCUT2D eigenvalue weighted by atomic mass is 127. The Morgan fingerprint density at radius 3 is 2.64 bits per heavy atom. The number of benzene rings is 1. The first-order chi connectivity index (χ1) is 17.0.